The van der Waals surface area contributed by atoms with Gasteiger partial charge in [0.2, 0.25) is 5.91 Å². The van der Waals surface area contributed by atoms with Crippen molar-refractivity contribution in [2.24, 2.45) is 0 Å². The Bertz CT molecular complexity index is 1240. The van der Waals surface area contributed by atoms with Crippen LogP contribution in [0, 0.1) is 0 Å². The lowest BCUT2D eigenvalue weighted by atomic mass is 10.1. The van der Waals surface area contributed by atoms with Crippen molar-refractivity contribution in [2.45, 2.75) is 18.2 Å². The zero-order chi connectivity index (χ0) is 24.6. The number of carbonyl (C=O) groups excluding carboxylic acids is 1. The second-order valence-electron chi connectivity index (χ2n) is 7.21. The van der Waals surface area contributed by atoms with Crippen molar-refractivity contribution in [3.63, 3.8) is 0 Å². The van der Waals surface area contributed by atoms with Crippen LogP contribution in [0.25, 0.3) is 0 Å². The highest BCUT2D eigenvalue weighted by molar-refractivity contribution is 7.92. The average molecular weight is 485 g/mol. The number of hydrogen-bond donors (Lipinski definition) is 3. The van der Waals surface area contributed by atoms with E-state index in [2.05, 4.69) is 10.0 Å². The van der Waals surface area contributed by atoms with Crippen LogP contribution in [0.1, 0.15) is 12.5 Å². The van der Waals surface area contributed by atoms with E-state index in [1.54, 1.807) is 48.5 Å². The Hall–Kier alpha value is -4.05. The lowest BCUT2D eigenvalue weighted by Gasteiger charge is -2.12. The number of carbonyl (C=O) groups is 2. The van der Waals surface area contributed by atoms with Crippen molar-refractivity contribution < 1.29 is 32.6 Å². The predicted molar refractivity (Wildman–Crippen MR) is 127 cm³/mol. The summed E-state index contributed by atoms with van der Waals surface area (Å²) in [5.41, 5.74) is 1.44. The first-order chi connectivity index (χ1) is 16.2. The molecule has 0 saturated carbocycles. The minimum atomic E-state index is -3.80. The first-order valence-corrected chi connectivity index (χ1v) is 11.8. The average Bonchev–Trinajstić information content (AvgIpc) is 2.78. The first-order valence-electron chi connectivity index (χ1n) is 10.3. The first kappa shape index (κ1) is 24.6. The summed E-state index contributed by atoms with van der Waals surface area (Å²) in [6, 6.07) is 19.1. The molecule has 0 heterocycles. The second-order valence-corrected chi connectivity index (χ2v) is 8.89. The predicted octanol–water partition coefficient (Wildman–Crippen LogP) is 3.53. The fourth-order valence-corrected chi connectivity index (χ4v) is 4.08. The number of benzene rings is 3. The molecule has 34 heavy (non-hydrogen) atoms. The van der Waals surface area contributed by atoms with Crippen LogP contribution in [0.5, 0.6) is 11.5 Å². The van der Waals surface area contributed by atoms with Crippen LogP contribution < -0.4 is 19.5 Å². The van der Waals surface area contributed by atoms with Gasteiger partial charge in [0.25, 0.3) is 10.0 Å². The van der Waals surface area contributed by atoms with Gasteiger partial charge in [-0.3, -0.25) is 14.3 Å². The minimum Gasteiger partial charge on any atom is -0.490 e. The maximum absolute atomic E-state index is 12.6. The number of anilines is 2. The Morgan fingerprint density at radius 3 is 2.12 bits per heavy atom. The number of hydrogen-bond acceptors (Lipinski definition) is 6. The third kappa shape index (κ3) is 7.24. The number of rotatable bonds is 11. The lowest BCUT2D eigenvalue weighted by Crippen LogP contribution is -2.13. The lowest BCUT2D eigenvalue weighted by molar-refractivity contribution is -0.136. The summed E-state index contributed by atoms with van der Waals surface area (Å²) in [5.74, 6) is -0.177. The molecule has 0 aliphatic heterocycles. The molecule has 3 aromatic rings. The van der Waals surface area contributed by atoms with Crippen molar-refractivity contribution in [1.82, 2.24) is 0 Å². The summed E-state index contributed by atoms with van der Waals surface area (Å²) in [5, 5.41) is 11.6. The van der Waals surface area contributed by atoms with E-state index >= 15 is 0 Å². The standard InChI is InChI=1S/C24H24N2O7S/c1-17(27)25-19-8-12-22(13-9-19)34(30,31)26-20-6-10-21(11-7-20)32-14-15-33-23-5-3-2-4-18(23)16-24(28)29/h2-13,26H,14-16H2,1H3,(H,25,27)(H,28,29). The topological polar surface area (TPSA) is 131 Å². The van der Waals surface area contributed by atoms with E-state index < -0.39 is 16.0 Å². The number of ether oxygens (including phenoxy) is 2. The Kier molecular flexibility index (Phi) is 8.10. The smallest absolute Gasteiger partial charge is 0.307 e. The molecule has 0 unspecified atom stereocenters. The normalized spacial score (nSPS) is 10.9. The van der Waals surface area contributed by atoms with E-state index in [9.17, 15) is 18.0 Å². The molecular formula is C24H24N2O7S. The molecular weight excluding hydrogens is 460 g/mol. The van der Waals surface area contributed by atoms with Gasteiger partial charge in [-0.25, -0.2) is 8.42 Å². The molecule has 0 spiro atoms. The maximum atomic E-state index is 12.6. The number of nitrogens with one attached hydrogen (secondary N) is 2. The van der Waals surface area contributed by atoms with Crippen molar-refractivity contribution in [3.8, 4) is 11.5 Å². The highest BCUT2D eigenvalue weighted by atomic mass is 32.2. The van der Waals surface area contributed by atoms with Gasteiger partial charge in [-0.15, -0.1) is 0 Å². The molecule has 9 nitrogen and oxygen atoms in total. The summed E-state index contributed by atoms with van der Waals surface area (Å²) in [6.07, 6.45) is -0.131. The molecule has 0 atom stereocenters. The Labute approximate surface area is 197 Å². The fraction of sp³-hybridized carbons (Fsp3) is 0.167. The highest BCUT2D eigenvalue weighted by Crippen LogP contribution is 2.21. The zero-order valence-corrected chi connectivity index (χ0v) is 19.2. The van der Waals surface area contributed by atoms with E-state index in [1.165, 1.54) is 31.2 Å². The summed E-state index contributed by atoms with van der Waals surface area (Å²) in [7, 11) is -3.80. The van der Waals surface area contributed by atoms with Crippen molar-refractivity contribution in [1.29, 1.82) is 0 Å². The van der Waals surface area contributed by atoms with E-state index in [4.69, 9.17) is 14.6 Å². The summed E-state index contributed by atoms with van der Waals surface area (Å²) in [4.78, 5) is 22.1. The van der Waals surface area contributed by atoms with Gasteiger partial charge < -0.3 is 19.9 Å². The third-order valence-electron chi connectivity index (χ3n) is 4.52. The van der Waals surface area contributed by atoms with Crippen molar-refractivity contribution in [3.05, 3.63) is 78.4 Å². The van der Waals surface area contributed by atoms with Gasteiger partial charge in [0.15, 0.2) is 0 Å². The number of amides is 1. The fourth-order valence-electron chi connectivity index (χ4n) is 3.02. The van der Waals surface area contributed by atoms with E-state index in [0.29, 0.717) is 28.4 Å². The minimum absolute atomic E-state index is 0.0576. The van der Waals surface area contributed by atoms with Crippen LogP contribution in [0.3, 0.4) is 0 Å². The van der Waals surface area contributed by atoms with Crippen molar-refractivity contribution in [2.75, 3.05) is 23.3 Å². The summed E-state index contributed by atoms with van der Waals surface area (Å²) >= 11 is 0. The molecule has 0 fully saturated rings. The molecule has 10 heteroatoms. The molecule has 178 valence electrons. The molecule has 0 aliphatic carbocycles. The number of carboxylic acid groups (broad SMARTS) is 1. The van der Waals surface area contributed by atoms with Gasteiger partial charge >= 0.3 is 5.97 Å². The van der Waals surface area contributed by atoms with Crippen LogP contribution in [0.15, 0.2) is 77.7 Å². The Balaban J connectivity index is 1.51. The molecule has 0 bridgehead atoms. The largest absolute Gasteiger partial charge is 0.490 e. The van der Waals surface area contributed by atoms with Crippen LogP contribution >= 0.6 is 0 Å². The highest BCUT2D eigenvalue weighted by Gasteiger charge is 2.14. The molecule has 0 aromatic heterocycles. The van der Waals surface area contributed by atoms with Crippen LogP contribution in [0.4, 0.5) is 11.4 Å². The van der Waals surface area contributed by atoms with Gasteiger partial charge in [0.05, 0.1) is 11.3 Å². The van der Waals surface area contributed by atoms with E-state index in [-0.39, 0.29) is 30.4 Å². The maximum Gasteiger partial charge on any atom is 0.307 e. The molecule has 1 amide bonds. The molecule has 3 rings (SSSR count). The molecule has 0 radical (unpaired) electrons. The molecule has 0 saturated heterocycles. The number of aliphatic carboxylic acids is 1. The van der Waals surface area contributed by atoms with E-state index in [1.807, 2.05) is 0 Å². The van der Waals surface area contributed by atoms with Crippen LogP contribution in [0.2, 0.25) is 0 Å². The van der Waals surface area contributed by atoms with Crippen molar-refractivity contribution >= 4 is 33.3 Å². The van der Waals surface area contributed by atoms with E-state index in [0.717, 1.165) is 0 Å². The van der Waals surface area contributed by atoms with Gasteiger partial charge in [0, 0.05) is 23.9 Å². The summed E-state index contributed by atoms with van der Waals surface area (Å²) < 4.78 is 38.9. The van der Waals surface area contributed by atoms with Gasteiger partial charge in [-0.2, -0.15) is 0 Å². The third-order valence-corrected chi connectivity index (χ3v) is 5.91. The number of sulfonamides is 1. The van der Waals surface area contributed by atoms with Gasteiger partial charge in [0.1, 0.15) is 24.7 Å². The Morgan fingerprint density at radius 2 is 1.47 bits per heavy atom. The zero-order valence-electron chi connectivity index (χ0n) is 18.4. The summed E-state index contributed by atoms with van der Waals surface area (Å²) in [6.45, 7) is 1.79. The van der Waals surface area contributed by atoms with Crippen LogP contribution in [-0.4, -0.2) is 38.6 Å². The second kappa shape index (κ2) is 11.2. The number of carboxylic acids is 1. The quantitative estimate of drug-likeness (QED) is 0.355. The molecule has 0 aliphatic rings. The van der Waals surface area contributed by atoms with Gasteiger partial charge in [-0.05, 0) is 54.6 Å². The van der Waals surface area contributed by atoms with Gasteiger partial charge in [-0.1, -0.05) is 18.2 Å². The Morgan fingerprint density at radius 1 is 0.853 bits per heavy atom. The monoisotopic (exact) mass is 484 g/mol. The molecule has 3 N–H and O–H groups in total. The SMILES string of the molecule is CC(=O)Nc1ccc(S(=O)(=O)Nc2ccc(OCCOc3ccccc3CC(=O)O)cc2)cc1. The molecule has 3 aromatic carbocycles. The number of para-hydroxylation sites is 1. The van der Waals surface area contributed by atoms with Crippen LogP contribution in [-0.2, 0) is 26.0 Å².